The largest absolute Gasteiger partial charge is 0.375 e. The number of anilines is 1. The van der Waals surface area contributed by atoms with E-state index in [-0.39, 0.29) is 18.7 Å². The predicted molar refractivity (Wildman–Crippen MR) is 127 cm³/mol. The number of carbonyl (C=O) groups is 2. The first-order chi connectivity index (χ1) is 15.1. The average molecular weight is 448 g/mol. The number of para-hydroxylation sites is 1. The predicted octanol–water partition coefficient (Wildman–Crippen LogP) is 5.58. The Morgan fingerprint density at radius 3 is 2.19 bits per heavy atom. The van der Waals surface area contributed by atoms with Gasteiger partial charge in [0.15, 0.2) is 11.4 Å². The van der Waals surface area contributed by atoms with Gasteiger partial charge in [0, 0.05) is 16.1 Å². The summed E-state index contributed by atoms with van der Waals surface area (Å²) in [5.41, 5.74) is 4.47. The lowest BCUT2D eigenvalue weighted by molar-refractivity contribution is -0.136. The number of benzene rings is 3. The van der Waals surface area contributed by atoms with Crippen LogP contribution in [-0.2, 0) is 16.9 Å². The zero-order valence-corrected chi connectivity index (χ0v) is 19.5. The summed E-state index contributed by atoms with van der Waals surface area (Å²) in [5.74, 6) is -0.715. The Bertz CT molecular complexity index is 1210. The Labute approximate surface area is 193 Å². The molecule has 1 heterocycles. The standard InChI is InChI=1S/C27H26ClNO3/c1-16-13-17(2)19(4)25(18(16)3)24(30)14-27(32)22-7-5-6-8-23(22)29(26(27)31)15-20-9-11-21(28)12-10-20/h5-13,32H,14-15H2,1-4H3/t27-/m0/s1. The van der Waals surface area contributed by atoms with Gasteiger partial charge in [-0.05, 0) is 73.7 Å². The molecule has 1 atom stereocenters. The number of carbonyl (C=O) groups excluding carboxylic acids is 2. The second-order valence-corrected chi connectivity index (χ2v) is 9.07. The SMILES string of the molecule is Cc1cc(C)c(C)c(C(=O)C[C@@]2(O)C(=O)N(Cc3ccc(Cl)cc3)c3ccccc32)c1C. The van der Waals surface area contributed by atoms with Crippen molar-refractivity contribution in [2.75, 3.05) is 4.90 Å². The molecule has 164 valence electrons. The molecule has 0 radical (unpaired) electrons. The Hall–Kier alpha value is -2.95. The lowest BCUT2D eigenvalue weighted by Gasteiger charge is -2.24. The van der Waals surface area contributed by atoms with E-state index in [1.54, 1.807) is 35.2 Å². The summed E-state index contributed by atoms with van der Waals surface area (Å²) in [7, 11) is 0. The average Bonchev–Trinajstić information content (AvgIpc) is 2.96. The third kappa shape index (κ3) is 3.64. The van der Waals surface area contributed by atoms with Gasteiger partial charge in [-0.2, -0.15) is 0 Å². The summed E-state index contributed by atoms with van der Waals surface area (Å²) in [5, 5.41) is 12.2. The van der Waals surface area contributed by atoms with Gasteiger partial charge in [-0.25, -0.2) is 0 Å². The van der Waals surface area contributed by atoms with E-state index in [2.05, 4.69) is 6.07 Å². The van der Waals surface area contributed by atoms with Crippen LogP contribution in [0.3, 0.4) is 0 Å². The summed E-state index contributed by atoms with van der Waals surface area (Å²) in [4.78, 5) is 28.5. The van der Waals surface area contributed by atoms with Crippen molar-refractivity contribution in [3.63, 3.8) is 0 Å². The van der Waals surface area contributed by atoms with E-state index in [1.807, 2.05) is 45.9 Å². The third-order valence-electron chi connectivity index (χ3n) is 6.55. The van der Waals surface area contributed by atoms with E-state index in [0.29, 0.717) is 21.8 Å². The first-order valence-corrected chi connectivity index (χ1v) is 11.0. The van der Waals surface area contributed by atoms with Gasteiger partial charge in [-0.3, -0.25) is 9.59 Å². The van der Waals surface area contributed by atoms with Gasteiger partial charge in [0.25, 0.3) is 5.91 Å². The number of Topliss-reactive ketones (excluding diaryl/α,β-unsaturated/α-hetero) is 1. The van der Waals surface area contributed by atoms with E-state index in [1.165, 1.54) is 0 Å². The Morgan fingerprint density at radius 2 is 1.56 bits per heavy atom. The number of aliphatic hydroxyl groups is 1. The molecule has 1 amide bonds. The topological polar surface area (TPSA) is 57.6 Å². The molecule has 1 aliphatic rings. The number of aryl methyl sites for hydroxylation is 2. The van der Waals surface area contributed by atoms with Gasteiger partial charge in [0.1, 0.15) is 0 Å². The van der Waals surface area contributed by atoms with Gasteiger partial charge < -0.3 is 10.0 Å². The number of amides is 1. The lowest BCUT2D eigenvalue weighted by Crippen LogP contribution is -2.41. The summed E-state index contributed by atoms with van der Waals surface area (Å²) in [6.07, 6.45) is -0.301. The van der Waals surface area contributed by atoms with Crippen LogP contribution in [0.5, 0.6) is 0 Å². The second kappa shape index (κ2) is 8.19. The maximum Gasteiger partial charge on any atom is 0.264 e. The number of halogens is 1. The third-order valence-corrected chi connectivity index (χ3v) is 6.81. The highest BCUT2D eigenvalue weighted by molar-refractivity contribution is 6.30. The van der Waals surface area contributed by atoms with Crippen LogP contribution in [0.1, 0.15) is 50.2 Å². The molecule has 0 saturated carbocycles. The molecule has 32 heavy (non-hydrogen) atoms. The minimum Gasteiger partial charge on any atom is -0.375 e. The van der Waals surface area contributed by atoms with Crippen LogP contribution >= 0.6 is 11.6 Å². The second-order valence-electron chi connectivity index (χ2n) is 8.63. The number of fused-ring (bicyclic) bond motifs is 1. The highest BCUT2D eigenvalue weighted by Crippen LogP contribution is 2.44. The number of ketones is 1. The molecule has 4 nitrogen and oxygen atoms in total. The van der Waals surface area contributed by atoms with Crippen LogP contribution in [0.4, 0.5) is 5.69 Å². The molecule has 1 N–H and O–H groups in total. The van der Waals surface area contributed by atoms with Crippen molar-refractivity contribution in [3.05, 3.63) is 98.6 Å². The maximum absolute atomic E-state index is 13.5. The molecular formula is C27H26ClNO3. The monoisotopic (exact) mass is 447 g/mol. The smallest absolute Gasteiger partial charge is 0.264 e. The molecule has 0 aliphatic carbocycles. The molecule has 0 saturated heterocycles. The summed E-state index contributed by atoms with van der Waals surface area (Å²) in [6.45, 7) is 8.05. The Balaban J connectivity index is 1.72. The van der Waals surface area contributed by atoms with Gasteiger partial charge in [0.05, 0.1) is 18.7 Å². The molecule has 3 aromatic carbocycles. The Kier molecular flexibility index (Phi) is 5.70. The highest BCUT2D eigenvalue weighted by atomic mass is 35.5. The molecule has 0 spiro atoms. The molecule has 0 fully saturated rings. The fourth-order valence-corrected chi connectivity index (χ4v) is 4.69. The van der Waals surface area contributed by atoms with Crippen molar-refractivity contribution in [2.24, 2.45) is 0 Å². The first kappa shape index (κ1) is 22.3. The fraction of sp³-hybridized carbons (Fsp3) is 0.259. The molecule has 4 rings (SSSR count). The molecule has 0 aromatic heterocycles. The van der Waals surface area contributed by atoms with Gasteiger partial charge in [-0.15, -0.1) is 0 Å². The molecule has 3 aromatic rings. The van der Waals surface area contributed by atoms with Crippen molar-refractivity contribution in [1.82, 2.24) is 0 Å². The number of nitrogens with zero attached hydrogens (tertiary/aromatic N) is 1. The van der Waals surface area contributed by atoms with Gasteiger partial charge in [-0.1, -0.05) is 48.0 Å². The van der Waals surface area contributed by atoms with Crippen LogP contribution in [0.25, 0.3) is 0 Å². The van der Waals surface area contributed by atoms with Crippen molar-refractivity contribution < 1.29 is 14.7 Å². The number of rotatable bonds is 5. The zero-order valence-electron chi connectivity index (χ0n) is 18.7. The maximum atomic E-state index is 13.5. The summed E-state index contributed by atoms with van der Waals surface area (Å²) < 4.78 is 0. The molecule has 0 bridgehead atoms. The molecule has 1 aliphatic heterocycles. The van der Waals surface area contributed by atoms with Crippen LogP contribution < -0.4 is 4.90 Å². The minimum atomic E-state index is -1.91. The van der Waals surface area contributed by atoms with Crippen molar-refractivity contribution >= 4 is 29.0 Å². The molecule has 5 heteroatoms. The van der Waals surface area contributed by atoms with E-state index >= 15 is 0 Å². The van der Waals surface area contributed by atoms with E-state index in [9.17, 15) is 14.7 Å². The van der Waals surface area contributed by atoms with Crippen LogP contribution in [0.15, 0.2) is 54.6 Å². The van der Waals surface area contributed by atoms with E-state index in [4.69, 9.17) is 11.6 Å². The van der Waals surface area contributed by atoms with E-state index < -0.39 is 11.5 Å². The highest BCUT2D eigenvalue weighted by Gasteiger charge is 2.51. The summed E-state index contributed by atoms with van der Waals surface area (Å²) in [6, 6.07) is 16.4. The Morgan fingerprint density at radius 1 is 0.969 bits per heavy atom. The van der Waals surface area contributed by atoms with Crippen LogP contribution in [-0.4, -0.2) is 16.8 Å². The fourth-order valence-electron chi connectivity index (χ4n) is 4.56. The van der Waals surface area contributed by atoms with Gasteiger partial charge in [0.2, 0.25) is 0 Å². The number of hydrogen-bond acceptors (Lipinski definition) is 3. The zero-order chi connectivity index (χ0) is 23.2. The lowest BCUT2D eigenvalue weighted by atomic mass is 9.84. The summed E-state index contributed by atoms with van der Waals surface area (Å²) >= 11 is 5.99. The molecule has 0 unspecified atom stereocenters. The van der Waals surface area contributed by atoms with Gasteiger partial charge >= 0.3 is 0 Å². The minimum absolute atomic E-state index is 0.231. The van der Waals surface area contributed by atoms with Crippen LogP contribution in [0, 0.1) is 27.7 Å². The quantitative estimate of drug-likeness (QED) is 0.519. The first-order valence-electron chi connectivity index (χ1n) is 10.6. The normalized spacial score (nSPS) is 17.6. The molecular weight excluding hydrogens is 422 g/mol. The van der Waals surface area contributed by atoms with Crippen molar-refractivity contribution in [3.8, 4) is 0 Å². The van der Waals surface area contributed by atoms with Crippen LogP contribution in [0.2, 0.25) is 5.02 Å². The van der Waals surface area contributed by atoms with Crippen molar-refractivity contribution in [2.45, 2.75) is 46.3 Å². The number of hydrogen-bond donors (Lipinski definition) is 1. The van der Waals surface area contributed by atoms with E-state index in [0.717, 1.165) is 27.8 Å². The van der Waals surface area contributed by atoms with Crippen molar-refractivity contribution in [1.29, 1.82) is 0 Å².